The van der Waals surface area contributed by atoms with Crippen LogP contribution in [0.4, 0.5) is 0 Å². The summed E-state index contributed by atoms with van der Waals surface area (Å²) in [5.41, 5.74) is 5.66. The van der Waals surface area contributed by atoms with Crippen molar-refractivity contribution in [1.29, 1.82) is 0 Å². The fraction of sp³-hybridized carbons (Fsp3) is 1.00. The summed E-state index contributed by atoms with van der Waals surface area (Å²) < 4.78 is 5.14. The van der Waals surface area contributed by atoms with Gasteiger partial charge in [0.15, 0.2) is 0 Å². The van der Waals surface area contributed by atoms with Crippen molar-refractivity contribution in [2.75, 3.05) is 13.2 Å². The van der Waals surface area contributed by atoms with Crippen LogP contribution in [0.1, 0.15) is 13.3 Å². The molecule has 0 spiro atoms. The Hall–Kier alpha value is -0.0800. The molecule has 0 saturated carbocycles. The van der Waals surface area contributed by atoms with Crippen LogP contribution < -0.4 is 5.73 Å². The maximum atomic E-state index is 5.66. The molecule has 0 aromatic heterocycles. The van der Waals surface area contributed by atoms with E-state index < -0.39 is 0 Å². The van der Waals surface area contributed by atoms with Crippen molar-refractivity contribution < 1.29 is 4.74 Å². The third kappa shape index (κ3) is 1.01. The molecule has 48 valence electrons. The van der Waals surface area contributed by atoms with Crippen molar-refractivity contribution in [2.45, 2.75) is 19.4 Å². The first-order valence-corrected chi connectivity index (χ1v) is 3.18. The van der Waals surface area contributed by atoms with Crippen molar-refractivity contribution in [3.63, 3.8) is 0 Å². The molecule has 2 N–H and O–H groups in total. The average molecular weight is 115 g/mol. The number of rotatable bonds is 1. The molecular weight excluding hydrogens is 102 g/mol. The van der Waals surface area contributed by atoms with E-state index in [-0.39, 0.29) is 0 Å². The van der Waals surface area contributed by atoms with E-state index in [1.807, 2.05) is 0 Å². The highest BCUT2D eigenvalue weighted by atomic mass is 16.5. The normalized spacial score (nSPS) is 38.2. The summed E-state index contributed by atoms with van der Waals surface area (Å²) in [6, 6.07) is 0.306. The maximum absolute atomic E-state index is 5.66. The molecule has 2 heteroatoms. The summed E-state index contributed by atoms with van der Waals surface area (Å²) in [4.78, 5) is 0. The minimum Gasteiger partial charge on any atom is -0.379 e. The van der Waals surface area contributed by atoms with Crippen LogP contribution >= 0.6 is 0 Å². The van der Waals surface area contributed by atoms with Gasteiger partial charge < -0.3 is 10.5 Å². The van der Waals surface area contributed by atoms with E-state index in [2.05, 4.69) is 6.92 Å². The van der Waals surface area contributed by atoms with Crippen LogP contribution in [-0.4, -0.2) is 19.3 Å². The van der Waals surface area contributed by atoms with Gasteiger partial charge in [0.1, 0.15) is 0 Å². The summed E-state index contributed by atoms with van der Waals surface area (Å²) in [7, 11) is 0. The molecule has 2 nitrogen and oxygen atoms in total. The molecule has 1 aliphatic rings. The lowest BCUT2D eigenvalue weighted by atomic mass is 10.0. The fourth-order valence-corrected chi connectivity index (χ4v) is 1.04. The van der Waals surface area contributed by atoms with E-state index in [1.165, 1.54) is 0 Å². The maximum Gasteiger partial charge on any atom is 0.0621 e. The third-order valence-electron chi connectivity index (χ3n) is 1.77. The Morgan fingerprint density at radius 1 is 1.62 bits per heavy atom. The summed E-state index contributed by atoms with van der Waals surface area (Å²) >= 11 is 0. The summed E-state index contributed by atoms with van der Waals surface area (Å²) in [6.07, 6.45) is 1.15. The quantitative estimate of drug-likeness (QED) is 0.536. The highest BCUT2D eigenvalue weighted by Crippen LogP contribution is 2.13. The molecule has 0 aliphatic carbocycles. The van der Waals surface area contributed by atoms with Crippen LogP contribution in [0, 0.1) is 5.92 Å². The monoisotopic (exact) mass is 115 g/mol. The summed E-state index contributed by atoms with van der Waals surface area (Å²) in [5, 5.41) is 0. The standard InChI is InChI=1S/C6H13NO/c1-2-5-3-8-4-6(5)7/h5-6H,2-4,7H2,1H3/t5-,6-/m1/s1. The van der Waals surface area contributed by atoms with Crippen LogP contribution in [0.3, 0.4) is 0 Å². The highest BCUT2D eigenvalue weighted by Gasteiger charge is 2.22. The van der Waals surface area contributed by atoms with Crippen molar-refractivity contribution >= 4 is 0 Å². The molecular formula is C6H13NO. The van der Waals surface area contributed by atoms with Gasteiger partial charge in [0.2, 0.25) is 0 Å². The van der Waals surface area contributed by atoms with E-state index in [4.69, 9.17) is 10.5 Å². The molecule has 1 rings (SSSR count). The van der Waals surface area contributed by atoms with E-state index in [9.17, 15) is 0 Å². The van der Waals surface area contributed by atoms with E-state index >= 15 is 0 Å². The van der Waals surface area contributed by atoms with Gasteiger partial charge in [-0.3, -0.25) is 0 Å². The van der Waals surface area contributed by atoms with Crippen molar-refractivity contribution in [2.24, 2.45) is 11.7 Å². The molecule has 0 bridgehead atoms. The van der Waals surface area contributed by atoms with Crippen molar-refractivity contribution in [1.82, 2.24) is 0 Å². The van der Waals surface area contributed by atoms with E-state index in [1.54, 1.807) is 0 Å². The number of ether oxygens (including phenoxy) is 1. The Labute approximate surface area is 50.0 Å². The largest absolute Gasteiger partial charge is 0.379 e. The molecule has 1 heterocycles. The smallest absolute Gasteiger partial charge is 0.0621 e. The highest BCUT2D eigenvalue weighted by molar-refractivity contribution is 4.75. The van der Waals surface area contributed by atoms with Gasteiger partial charge in [0.05, 0.1) is 13.2 Å². The molecule has 0 radical (unpaired) electrons. The predicted molar refractivity (Wildman–Crippen MR) is 32.6 cm³/mol. The first-order valence-electron chi connectivity index (χ1n) is 3.18. The average Bonchev–Trinajstić information content (AvgIpc) is 2.14. The second-order valence-electron chi connectivity index (χ2n) is 2.37. The molecule has 0 aromatic rings. The second-order valence-corrected chi connectivity index (χ2v) is 2.37. The van der Waals surface area contributed by atoms with Crippen LogP contribution in [0.25, 0.3) is 0 Å². The zero-order valence-electron chi connectivity index (χ0n) is 5.26. The first kappa shape index (κ1) is 6.05. The summed E-state index contributed by atoms with van der Waals surface area (Å²) in [6.45, 7) is 3.79. The second kappa shape index (κ2) is 2.46. The zero-order chi connectivity index (χ0) is 5.98. The van der Waals surface area contributed by atoms with E-state index in [0.717, 1.165) is 19.6 Å². The van der Waals surface area contributed by atoms with Gasteiger partial charge in [-0.25, -0.2) is 0 Å². The molecule has 2 atom stereocenters. The number of hydrogen-bond donors (Lipinski definition) is 1. The van der Waals surface area contributed by atoms with Gasteiger partial charge in [-0.05, 0) is 12.3 Å². The van der Waals surface area contributed by atoms with Gasteiger partial charge in [-0.15, -0.1) is 0 Å². The Morgan fingerprint density at radius 2 is 2.38 bits per heavy atom. The lowest BCUT2D eigenvalue weighted by Crippen LogP contribution is -2.27. The predicted octanol–water partition coefficient (Wildman–Crippen LogP) is 0.370. The Morgan fingerprint density at radius 3 is 2.62 bits per heavy atom. The Balaban J connectivity index is 2.30. The molecule has 0 amide bonds. The molecule has 8 heavy (non-hydrogen) atoms. The lowest BCUT2D eigenvalue weighted by molar-refractivity contribution is 0.183. The Bertz CT molecular complexity index is 74.9. The van der Waals surface area contributed by atoms with Crippen molar-refractivity contribution in [3.05, 3.63) is 0 Å². The van der Waals surface area contributed by atoms with Gasteiger partial charge in [0, 0.05) is 6.04 Å². The summed E-state index contributed by atoms with van der Waals surface area (Å²) in [5.74, 6) is 0.620. The minimum absolute atomic E-state index is 0.306. The Kier molecular flexibility index (Phi) is 1.86. The van der Waals surface area contributed by atoms with Crippen LogP contribution in [0.5, 0.6) is 0 Å². The molecule has 1 saturated heterocycles. The van der Waals surface area contributed by atoms with E-state index in [0.29, 0.717) is 12.0 Å². The van der Waals surface area contributed by atoms with Crippen LogP contribution in [-0.2, 0) is 4.74 Å². The van der Waals surface area contributed by atoms with Crippen LogP contribution in [0.2, 0.25) is 0 Å². The molecule has 1 aliphatic heterocycles. The minimum atomic E-state index is 0.306. The molecule has 0 aromatic carbocycles. The zero-order valence-corrected chi connectivity index (χ0v) is 5.26. The number of nitrogens with two attached hydrogens (primary N) is 1. The fourth-order valence-electron chi connectivity index (χ4n) is 1.04. The molecule has 0 unspecified atom stereocenters. The van der Waals surface area contributed by atoms with Crippen molar-refractivity contribution in [3.8, 4) is 0 Å². The number of hydrogen-bond acceptors (Lipinski definition) is 2. The van der Waals surface area contributed by atoms with Gasteiger partial charge in [0.25, 0.3) is 0 Å². The third-order valence-corrected chi connectivity index (χ3v) is 1.77. The molecule has 1 fully saturated rings. The van der Waals surface area contributed by atoms with Crippen LogP contribution in [0.15, 0.2) is 0 Å². The van der Waals surface area contributed by atoms with Gasteiger partial charge in [-0.1, -0.05) is 6.92 Å². The van der Waals surface area contributed by atoms with Gasteiger partial charge in [-0.2, -0.15) is 0 Å². The lowest BCUT2D eigenvalue weighted by Gasteiger charge is -2.07. The topological polar surface area (TPSA) is 35.2 Å². The van der Waals surface area contributed by atoms with Gasteiger partial charge >= 0.3 is 0 Å². The first-order chi connectivity index (χ1) is 3.84. The SMILES string of the molecule is CC[C@@H]1COC[C@H]1N.